The summed E-state index contributed by atoms with van der Waals surface area (Å²) >= 11 is 0. The van der Waals surface area contributed by atoms with Gasteiger partial charge in [-0.2, -0.15) is 5.10 Å². The van der Waals surface area contributed by atoms with E-state index < -0.39 is 0 Å². The fraction of sp³-hybridized carbons (Fsp3) is 0.333. The standard InChI is InChI=1S/C15H20N4O/c1-3-11(2)10-15(20)18-14-8-9-17-19(14)13-6-4-12(16)5-7-13/h4-9,11H,3,10,16H2,1-2H3,(H,18,20). The number of benzene rings is 1. The van der Waals surface area contributed by atoms with Crippen molar-refractivity contribution >= 4 is 17.4 Å². The molecule has 106 valence electrons. The maximum atomic E-state index is 11.9. The van der Waals surface area contributed by atoms with Crippen molar-refractivity contribution in [2.45, 2.75) is 26.7 Å². The second-order valence-electron chi connectivity index (χ2n) is 4.99. The molecule has 0 saturated carbocycles. The molecule has 5 heteroatoms. The van der Waals surface area contributed by atoms with E-state index in [1.54, 1.807) is 16.9 Å². The molecule has 2 rings (SSSR count). The fourth-order valence-electron chi connectivity index (χ4n) is 1.87. The Morgan fingerprint density at radius 1 is 1.35 bits per heavy atom. The monoisotopic (exact) mass is 272 g/mol. The molecule has 2 aromatic rings. The molecule has 0 aliphatic heterocycles. The maximum absolute atomic E-state index is 11.9. The van der Waals surface area contributed by atoms with Crippen LogP contribution in [-0.2, 0) is 4.79 Å². The molecule has 3 N–H and O–H groups in total. The topological polar surface area (TPSA) is 72.9 Å². The van der Waals surface area contributed by atoms with Crippen LogP contribution in [0.25, 0.3) is 5.69 Å². The van der Waals surface area contributed by atoms with Gasteiger partial charge in [-0.1, -0.05) is 20.3 Å². The highest BCUT2D eigenvalue weighted by Crippen LogP contribution is 2.17. The number of rotatable bonds is 5. The van der Waals surface area contributed by atoms with Crippen LogP contribution in [0.4, 0.5) is 11.5 Å². The summed E-state index contributed by atoms with van der Waals surface area (Å²) < 4.78 is 1.69. The zero-order valence-corrected chi connectivity index (χ0v) is 11.8. The van der Waals surface area contributed by atoms with Gasteiger partial charge in [0.15, 0.2) is 0 Å². The lowest BCUT2D eigenvalue weighted by Crippen LogP contribution is -2.17. The number of nitrogens with zero attached hydrogens (tertiary/aromatic N) is 2. The predicted octanol–water partition coefficient (Wildman–Crippen LogP) is 2.83. The van der Waals surface area contributed by atoms with Crippen LogP contribution in [0.5, 0.6) is 0 Å². The lowest BCUT2D eigenvalue weighted by atomic mass is 10.1. The van der Waals surface area contributed by atoms with Crippen LogP contribution in [-0.4, -0.2) is 15.7 Å². The summed E-state index contributed by atoms with van der Waals surface area (Å²) in [7, 11) is 0. The Morgan fingerprint density at radius 3 is 2.70 bits per heavy atom. The normalized spacial score (nSPS) is 12.1. The van der Waals surface area contributed by atoms with Gasteiger partial charge >= 0.3 is 0 Å². The highest BCUT2D eigenvalue weighted by Gasteiger charge is 2.11. The van der Waals surface area contributed by atoms with E-state index in [1.807, 2.05) is 24.3 Å². The molecule has 0 bridgehead atoms. The van der Waals surface area contributed by atoms with Crippen LogP contribution in [0.2, 0.25) is 0 Å². The molecule has 0 fully saturated rings. The molecule has 0 saturated heterocycles. The third-order valence-electron chi connectivity index (χ3n) is 3.28. The highest BCUT2D eigenvalue weighted by molar-refractivity contribution is 5.90. The second kappa shape index (κ2) is 6.23. The SMILES string of the molecule is CCC(C)CC(=O)Nc1ccnn1-c1ccc(N)cc1. The predicted molar refractivity (Wildman–Crippen MR) is 80.7 cm³/mol. The van der Waals surface area contributed by atoms with Gasteiger partial charge in [-0.05, 0) is 30.2 Å². The molecule has 1 heterocycles. The van der Waals surface area contributed by atoms with E-state index in [4.69, 9.17) is 5.73 Å². The van der Waals surface area contributed by atoms with Crippen LogP contribution in [0.15, 0.2) is 36.5 Å². The average Bonchev–Trinajstić information content (AvgIpc) is 2.87. The quantitative estimate of drug-likeness (QED) is 0.822. The molecular formula is C15H20N4O. The number of carbonyl (C=O) groups is 1. The van der Waals surface area contributed by atoms with E-state index >= 15 is 0 Å². The zero-order valence-electron chi connectivity index (χ0n) is 11.8. The first-order chi connectivity index (χ1) is 9.60. The number of nitrogen functional groups attached to an aromatic ring is 1. The lowest BCUT2D eigenvalue weighted by Gasteiger charge is -2.11. The average molecular weight is 272 g/mol. The number of nitrogens with one attached hydrogen (secondary N) is 1. The smallest absolute Gasteiger partial charge is 0.225 e. The van der Waals surface area contributed by atoms with E-state index in [2.05, 4.69) is 24.3 Å². The summed E-state index contributed by atoms with van der Waals surface area (Å²) in [6.45, 7) is 4.15. The maximum Gasteiger partial charge on any atom is 0.225 e. The summed E-state index contributed by atoms with van der Waals surface area (Å²) in [6.07, 6.45) is 3.17. The van der Waals surface area contributed by atoms with Gasteiger partial charge in [-0.25, -0.2) is 4.68 Å². The molecule has 0 radical (unpaired) electrons. The lowest BCUT2D eigenvalue weighted by molar-refractivity contribution is -0.117. The van der Waals surface area contributed by atoms with Crippen molar-refractivity contribution < 1.29 is 4.79 Å². The van der Waals surface area contributed by atoms with E-state index in [-0.39, 0.29) is 5.91 Å². The van der Waals surface area contributed by atoms with E-state index in [0.717, 1.165) is 12.1 Å². The Balaban J connectivity index is 2.13. The van der Waals surface area contributed by atoms with Crippen molar-refractivity contribution in [3.63, 3.8) is 0 Å². The van der Waals surface area contributed by atoms with Crippen LogP contribution in [0.1, 0.15) is 26.7 Å². The van der Waals surface area contributed by atoms with Gasteiger partial charge in [0.1, 0.15) is 5.82 Å². The molecule has 1 atom stereocenters. The largest absolute Gasteiger partial charge is 0.399 e. The molecule has 1 aromatic heterocycles. The number of nitrogens with two attached hydrogens (primary N) is 1. The number of amides is 1. The second-order valence-corrected chi connectivity index (χ2v) is 4.99. The van der Waals surface area contributed by atoms with Crippen molar-refractivity contribution in [3.8, 4) is 5.69 Å². The van der Waals surface area contributed by atoms with Gasteiger partial charge in [0, 0.05) is 18.2 Å². The fourth-order valence-corrected chi connectivity index (χ4v) is 1.87. The summed E-state index contributed by atoms with van der Waals surface area (Å²) in [4.78, 5) is 11.9. The molecule has 0 spiro atoms. The molecule has 5 nitrogen and oxygen atoms in total. The van der Waals surface area contributed by atoms with Gasteiger partial charge in [0.05, 0.1) is 11.9 Å². The third-order valence-corrected chi connectivity index (χ3v) is 3.28. The van der Waals surface area contributed by atoms with E-state index in [1.165, 1.54) is 0 Å². The van der Waals surface area contributed by atoms with Crippen LogP contribution in [0.3, 0.4) is 0 Å². The molecule has 20 heavy (non-hydrogen) atoms. The van der Waals surface area contributed by atoms with Crippen molar-refractivity contribution in [1.82, 2.24) is 9.78 Å². The Morgan fingerprint density at radius 2 is 2.05 bits per heavy atom. The van der Waals surface area contributed by atoms with Gasteiger partial charge < -0.3 is 11.1 Å². The van der Waals surface area contributed by atoms with Crippen LogP contribution >= 0.6 is 0 Å². The first-order valence-electron chi connectivity index (χ1n) is 6.80. The van der Waals surface area contributed by atoms with Gasteiger partial charge in [0.2, 0.25) is 5.91 Å². The summed E-state index contributed by atoms with van der Waals surface area (Å²) in [5.41, 5.74) is 7.23. The van der Waals surface area contributed by atoms with Crippen LogP contribution in [0, 0.1) is 5.92 Å². The molecule has 0 aliphatic carbocycles. The summed E-state index contributed by atoms with van der Waals surface area (Å²) in [5.74, 6) is 1.06. The number of anilines is 2. The van der Waals surface area contributed by atoms with Crippen molar-refractivity contribution in [3.05, 3.63) is 36.5 Å². The Bertz CT molecular complexity index is 574. The Labute approximate surface area is 118 Å². The Hall–Kier alpha value is -2.30. The number of hydrogen-bond donors (Lipinski definition) is 2. The minimum absolute atomic E-state index is 0.0107. The highest BCUT2D eigenvalue weighted by atomic mass is 16.1. The first kappa shape index (κ1) is 14.1. The van der Waals surface area contributed by atoms with Crippen molar-refractivity contribution in [1.29, 1.82) is 0 Å². The summed E-state index contributed by atoms with van der Waals surface area (Å²) in [5, 5.41) is 7.13. The number of carbonyl (C=O) groups excluding carboxylic acids is 1. The van der Waals surface area contributed by atoms with Gasteiger partial charge in [-0.15, -0.1) is 0 Å². The van der Waals surface area contributed by atoms with E-state index in [0.29, 0.717) is 23.8 Å². The Kier molecular flexibility index (Phi) is 4.40. The van der Waals surface area contributed by atoms with Gasteiger partial charge in [0.25, 0.3) is 0 Å². The van der Waals surface area contributed by atoms with E-state index in [9.17, 15) is 4.79 Å². The number of aromatic nitrogens is 2. The third kappa shape index (κ3) is 3.38. The molecule has 1 aromatic carbocycles. The van der Waals surface area contributed by atoms with Crippen LogP contribution < -0.4 is 11.1 Å². The minimum Gasteiger partial charge on any atom is -0.399 e. The molecule has 1 amide bonds. The van der Waals surface area contributed by atoms with Crippen molar-refractivity contribution in [2.24, 2.45) is 5.92 Å². The zero-order chi connectivity index (χ0) is 14.5. The molecular weight excluding hydrogens is 252 g/mol. The molecule has 1 unspecified atom stereocenters. The molecule has 0 aliphatic rings. The summed E-state index contributed by atoms with van der Waals surface area (Å²) in [6, 6.07) is 9.13. The first-order valence-corrected chi connectivity index (χ1v) is 6.80. The van der Waals surface area contributed by atoms with Gasteiger partial charge in [-0.3, -0.25) is 4.79 Å². The van der Waals surface area contributed by atoms with Crippen molar-refractivity contribution in [2.75, 3.05) is 11.1 Å². The number of hydrogen-bond acceptors (Lipinski definition) is 3. The minimum atomic E-state index is 0.0107.